The van der Waals surface area contributed by atoms with Crippen LogP contribution in [0.3, 0.4) is 0 Å². The molecule has 1 N–H and O–H groups in total. The topological polar surface area (TPSA) is 64.3 Å². The van der Waals surface area contributed by atoms with E-state index in [4.69, 9.17) is 9.72 Å². The third-order valence-electron chi connectivity index (χ3n) is 5.70. The minimum atomic E-state index is -1.17. The first-order chi connectivity index (χ1) is 16.0. The second-order valence-electron chi connectivity index (χ2n) is 9.61. The number of benzene rings is 2. The maximum atomic E-state index is 13.4. The van der Waals surface area contributed by atoms with Gasteiger partial charge in [0, 0.05) is 34.9 Å². The van der Waals surface area contributed by atoms with Gasteiger partial charge in [0.15, 0.2) is 6.10 Å². The molecule has 0 unspecified atom stereocenters. The number of hydrogen-bond donors (Lipinski definition) is 1. The molecule has 2 heterocycles. The van der Waals surface area contributed by atoms with Gasteiger partial charge in [0.25, 0.3) is 0 Å². The van der Waals surface area contributed by atoms with Crippen molar-refractivity contribution < 1.29 is 19.0 Å². The van der Waals surface area contributed by atoms with Crippen molar-refractivity contribution in [3.05, 3.63) is 89.0 Å². The number of carboxylic acids is 1. The summed E-state index contributed by atoms with van der Waals surface area (Å²) in [6.07, 6.45) is 0.760. The SMILES string of the molecule is Cc1ccc(-c2c([C@H](OC(C)(C)C)C(=O)O)c(C)nc3c2ccn3Cc2ccc(F)cc2)cc1. The fourth-order valence-electron chi connectivity index (χ4n) is 4.18. The van der Waals surface area contributed by atoms with E-state index in [0.717, 1.165) is 33.3 Å². The molecule has 0 aliphatic heterocycles. The van der Waals surface area contributed by atoms with Gasteiger partial charge in [-0.15, -0.1) is 0 Å². The fourth-order valence-corrected chi connectivity index (χ4v) is 4.18. The number of carbonyl (C=O) groups is 1. The quantitative estimate of drug-likeness (QED) is 0.359. The zero-order chi connectivity index (χ0) is 24.6. The van der Waals surface area contributed by atoms with E-state index < -0.39 is 17.7 Å². The Morgan fingerprint density at radius 1 is 1.06 bits per heavy atom. The van der Waals surface area contributed by atoms with Crippen LogP contribution in [0.2, 0.25) is 0 Å². The number of rotatable bonds is 6. The van der Waals surface area contributed by atoms with E-state index in [2.05, 4.69) is 0 Å². The summed E-state index contributed by atoms with van der Waals surface area (Å²) in [5.41, 5.74) is 4.99. The molecule has 2 aromatic carbocycles. The van der Waals surface area contributed by atoms with Crippen molar-refractivity contribution >= 4 is 17.0 Å². The summed E-state index contributed by atoms with van der Waals surface area (Å²) in [5, 5.41) is 11.0. The van der Waals surface area contributed by atoms with Gasteiger partial charge in [0.1, 0.15) is 11.5 Å². The van der Waals surface area contributed by atoms with Crippen molar-refractivity contribution in [2.75, 3.05) is 0 Å². The van der Waals surface area contributed by atoms with Crippen LogP contribution in [0.1, 0.15) is 49.3 Å². The monoisotopic (exact) mass is 460 g/mol. The number of hydrogen-bond acceptors (Lipinski definition) is 3. The molecule has 4 rings (SSSR count). The van der Waals surface area contributed by atoms with Crippen LogP contribution in [0.4, 0.5) is 4.39 Å². The zero-order valence-corrected chi connectivity index (χ0v) is 20.1. The van der Waals surface area contributed by atoms with Crippen LogP contribution < -0.4 is 0 Å². The van der Waals surface area contributed by atoms with Crippen molar-refractivity contribution in [3.63, 3.8) is 0 Å². The molecule has 0 radical (unpaired) electrons. The number of halogens is 1. The molecule has 176 valence electrons. The Labute approximate surface area is 198 Å². The number of ether oxygens (including phenoxy) is 1. The van der Waals surface area contributed by atoms with Gasteiger partial charge in [-0.2, -0.15) is 0 Å². The van der Waals surface area contributed by atoms with E-state index >= 15 is 0 Å². The first kappa shape index (κ1) is 23.6. The summed E-state index contributed by atoms with van der Waals surface area (Å²) in [4.78, 5) is 17.2. The number of nitrogens with zero attached hydrogens (tertiary/aromatic N) is 2. The lowest BCUT2D eigenvalue weighted by molar-refractivity contribution is -0.160. The fraction of sp³-hybridized carbons (Fsp3) is 0.286. The maximum absolute atomic E-state index is 13.4. The Bertz CT molecular complexity index is 1330. The lowest BCUT2D eigenvalue weighted by atomic mass is 9.92. The van der Waals surface area contributed by atoms with Gasteiger partial charge < -0.3 is 14.4 Å². The average molecular weight is 461 g/mol. The predicted octanol–water partition coefficient (Wildman–Crippen LogP) is 6.45. The van der Waals surface area contributed by atoms with Gasteiger partial charge in [-0.1, -0.05) is 42.0 Å². The second-order valence-corrected chi connectivity index (χ2v) is 9.61. The first-order valence-corrected chi connectivity index (χ1v) is 11.2. The molecule has 2 aromatic heterocycles. The van der Waals surface area contributed by atoms with Crippen molar-refractivity contribution in [2.24, 2.45) is 0 Å². The van der Waals surface area contributed by atoms with E-state index in [-0.39, 0.29) is 5.82 Å². The highest BCUT2D eigenvalue weighted by atomic mass is 19.1. The van der Waals surface area contributed by atoms with E-state index in [1.165, 1.54) is 12.1 Å². The molecular formula is C28H29FN2O3. The standard InChI is InChI=1S/C28H29FN2O3/c1-17-6-10-20(11-7-17)24-22-14-15-31(16-19-8-12-21(29)13-9-19)26(22)30-18(2)23(24)25(27(32)33)34-28(3,4)5/h6-15,25H,16H2,1-5H3,(H,32,33)/t25-/m0/s1. The molecule has 6 heteroatoms. The molecule has 0 saturated carbocycles. The average Bonchev–Trinajstić information content (AvgIpc) is 3.15. The Morgan fingerprint density at radius 3 is 2.29 bits per heavy atom. The largest absolute Gasteiger partial charge is 0.479 e. The lowest BCUT2D eigenvalue weighted by Gasteiger charge is -2.28. The number of aliphatic carboxylic acids is 1. The van der Waals surface area contributed by atoms with Gasteiger partial charge >= 0.3 is 5.97 Å². The summed E-state index contributed by atoms with van der Waals surface area (Å²) in [7, 11) is 0. The summed E-state index contributed by atoms with van der Waals surface area (Å²) in [6.45, 7) is 9.88. The van der Waals surface area contributed by atoms with Crippen molar-refractivity contribution in [2.45, 2.75) is 52.9 Å². The summed E-state index contributed by atoms with van der Waals surface area (Å²) >= 11 is 0. The van der Waals surface area contributed by atoms with Crippen LogP contribution >= 0.6 is 0 Å². The minimum absolute atomic E-state index is 0.278. The number of aromatic nitrogens is 2. The third-order valence-corrected chi connectivity index (χ3v) is 5.70. The Kier molecular flexibility index (Phi) is 6.28. The molecular weight excluding hydrogens is 431 g/mol. The maximum Gasteiger partial charge on any atom is 0.337 e. The molecule has 1 atom stereocenters. The van der Waals surface area contributed by atoms with Crippen molar-refractivity contribution in [1.82, 2.24) is 9.55 Å². The van der Waals surface area contributed by atoms with E-state index in [0.29, 0.717) is 17.8 Å². The summed E-state index contributed by atoms with van der Waals surface area (Å²) in [5.74, 6) is -1.33. The zero-order valence-electron chi connectivity index (χ0n) is 20.1. The predicted molar refractivity (Wildman–Crippen MR) is 131 cm³/mol. The molecule has 0 aliphatic rings. The molecule has 0 fully saturated rings. The molecule has 34 heavy (non-hydrogen) atoms. The Hall–Kier alpha value is -3.51. The Balaban J connectivity index is 1.95. The van der Waals surface area contributed by atoms with Crippen molar-refractivity contribution in [1.29, 1.82) is 0 Å². The van der Waals surface area contributed by atoms with Crippen LogP contribution in [-0.2, 0) is 16.1 Å². The van der Waals surface area contributed by atoms with Crippen LogP contribution in [0.25, 0.3) is 22.2 Å². The molecule has 0 spiro atoms. The van der Waals surface area contributed by atoms with Crippen LogP contribution in [0, 0.1) is 19.7 Å². The van der Waals surface area contributed by atoms with Gasteiger partial charge in [-0.3, -0.25) is 0 Å². The van der Waals surface area contributed by atoms with Gasteiger partial charge in [-0.05, 0) is 63.9 Å². The number of fused-ring (bicyclic) bond motifs is 1. The normalized spacial score (nSPS) is 12.8. The van der Waals surface area contributed by atoms with Crippen LogP contribution in [0.15, 0.2) is 60.8 Å². The molecule has 5 nitrogen and oxygen atoms in total. The smallest absolute Gasteiger partial charge is 0.337 e. The summed E-state index contributed by atoms with van der Waals surface area (Å²) in [6, 6.07) is 16.4. The highest BCUT2D eigenvalue weighted by molar-refractivity contribution is 5.97. The number of carboxylic acid groups (broad SMARTS) is 1. The number of aryl methyl sites for hydroxylation is 2. The van der Waals surface area contributed by atoms with Gasteiger partial charge in [-0.25, -0.2) is 14.2 Å². The minimum Gasteiger partial charge on any atom is -0.479 e. The third kappa shape index (κ3) is 4.87. The molecule has 0 amide bonds. The highest BCUT2D eigenvalue weighted by Gasteiger charge is 2.32. The second kappa shape index (κ2) is 9.03. The molecule has 0 aliphatic carbocycles. The molecule has 0 saturated heterocycles. The summed E-state index contributed by atoms with van der Waals surface area (Å²) < 4.78 is 21.4. The van der Waals surface area contributed by atoms with Gasteiger partial charge in [0.05, 0.1) is 5.60 Å². The van der Waals surface area contributed by atoms with E-state index in [9.17, 15) is 14.3 Å². The van der Waals surface area contributed by atoms with Crippen molar-refractivity contribution in [3.8, 4) is 11.1 Å². The highest BCUT2D eigenvalue weighted by Crippen LogP contribution is 2.39. The van der Waals surface area contributed by atoms with Crippen LogP contribution in [0.5, 0.6) is 0 Å². The number of pyridine rings is 1. The van der Waals surface area contributed by atoms with E-state index in [1.54, 1.807) is 12.1 Å². The van der Waals surface area contributed by atoms with Crippen LogP contribution in [-0.4, -0.2) is 26.2 Å². The molecule has 0 bridgehead atoms. The van der Waals surface area contributed by atoms with E-state index in [1.807, 2.05) is 75.7 Å². The lowest BCUT2D eigenvalue weighted by Crippen LogP contribution is -2.28. The first-order valence-electron chi connectivity index (χ1n) is 11.2. The van der Waals surface area contributed by atoms with Gasteiger partial charge in [0.2, 0.25) is 0 Å². The molecule has 4 aromatic rings. The Morgan fingerprint density at radius 2 is 1.71 bits per heavy atom.